The van der Waals surface area contributed by atoms with Crippen LogP contribution in [0.5, 0.6) is 0 Å². The molecule has 2 unspecified atom stereocenters. The Labute approximate surface area is 175 Å². The first-order valence-corrected chi connectivity index (χ1v) is 12.0. The molecule has 0 saturated heterocycles. The Hall–Kier alpha value is -0.820. The molecule has 28 heavy (non-hydrogen) atoms. The second-order valence-corrected chi connectivity index (χ2v) is 9.67. The Morgan fingerprint density at radius 2 is 2.04 bits per heavy atom. The highest BCUT2D eigenvalue weighted by molar-refractivity contribution is 7.90. The third kappa shape index (κ3) is 11.9. The number of hydrogen-bond donors (Lipinski definition) is 2. The molecule has 0 aromatic heterocycles. The molecule has 2 N–H and O–H groups in total. The van der Waals surface area contributed by atoms with Gasteiger partial charge in [0.15, 0.2) is 0 Å². The van der Waals surface area contributed by atoms with E-state index in [9.17, 15) is 9.35 Å². The van der Waals surface area contributed by atoms with Gasteiger partial charge in [-0.15, -0.1) is 4.72 Å². The van der Waals surface area contributed by atoms with E-state index in [0.29, 0.717) is 25.7 Å². The number of carbonyl (C=O) groups excluding carboxylic acids is 1. The summed E-state index contributed by atoms with van der Waals surface area (Å²) in [5.41, 5.74) is 1.13. The zero-order chi connectivity index (χ0) is 20.8. The molecule has 1 fully saturated rings. The summed E-state index contributed by atoms with van der Waals surface area (Å²) in [6.07, 6.45) is 13.1. The number of rotatable bonds is 15. The Morgan fingerprint density at radius 3 is 2.68 bits per heavy atom. The van der Waals surface area contributed by atoms with Gasteiger partial charge < -0.3 is 14.6 Å². The second-order valence-electron chi connectivity index (χ2n) is 7.85. The minimum absolute atomic E-state index is 0.0290. The van der Waals surface area contributed by atoms with Crippen LogP contribution in [0, 0.1) is 0 Å². The van der Waals surface area contributed by atoms with E-state index in [0.717, 1.165) is 31.3 Å². The van der Waals surface area contributed by atoms with Gasteiger partial charge in [-0.2, -0.15) is 0 Å². The maximum atomic E-state index is 12.3. The van der Waals surface area contributed by atoms with Crippen molar-refractivity contribution >= 4 is 17.3 Å². The van der Waals surface area contributed by atoms with Gasteiger partial charge in [-0.1, -0.05) is 44.1 Å². The quantitative estimate of drug-likeness (QED) is 0.240. The van der Waals surface area contributed by atoms with Crippen molar-refractivity contribution in [2.75, 3.05) is 13.2 Å². The zero-order valence-electron chi connectivity index (χ0n) is 18.0. The molecule has 0 heterocycles. The molecular weight excluding hydrogens is 372 g/mol. The molecule has 0 aromatic rings. The zero-order valence-corrected chi connectivity index (χ0v) is 18.8. The van der Waals surface area contributed by atoms with Gasteiger partial charge in [0.1, 0.15) is 5.25 Å². The predicted molar refractivity (Wildman–Crippen MR) is 118 cm³/mol. The molecule has 0 bridgehead atoms. The van der Waals surface area contributed by atoms with Crippen molar-refractivity contribution in [3.63, 3.8) is 0 Å². The average Bonchev–Trinajstić information content (AvgIpc) is 3.17. The van der Waals surface area contributed by atoms with Gasteiger partial charge >= 0.3 is 0 Å². The number of ether oxygens (including phenoxy) is 1. The third-order valence-electron chi connectivity index (χ3n) is 4.96. The summed E-state index contributed by atoms with van der Waals surface area (Å²) < 4.78 is 20.5. The van der Waals surface area contributed by atoms with Crippen LogP contribution in [0.15, 0.2) is 24.3 Å². The first-order chi connectivity index (χ1) is 13.4. The van der Waals surface area contributed by atoms with E-state index in [1.54, 1.807) is 0 Å². The summed E-state index contributed by atoms with van der Waals surface area (Å²) in [5, 5.41) is 3.22. The molecule has 0 aliphatic heterocycles. The van der Waals surface area contributed by atoms with E-state index in [-0.39, 0.29) is 17.2 Å². The van der Waals surface area contributed by atoms with Crippen LogP contribution in [0.2, 0.25) is 0 Å². The summed E-state index contributed by atoms with van der Waals surface area (Å²) in [6.45, 7) is 11.3. The highest BCUT2D eigenvalue weighted by Crippen LogP contribution is 2.20. The lowest BCUT2D eigenvalue weighted by atomic mass is 10.0. The van der Waals surface area contributed by atoms with Crippen LogP contribution in [-0.4, -0.2) is 41.0 Å². The van der Waals surface area contributed by atoms with Crippen molar-refractivity contribution in [1.29, 1.82) is 0 Å². The average molecular weight is 413 g/mol. The maximum absolute atomic E-state index is 12.3. The normalized spacial score (nSPS) is 17.3. The standard InChI is InChI=1S/C22H40N2O3S/c1-5-19(4)17-20(11-10-16-27-21-12-6-7-13-21)24-22(25)14-8-9-15-23-28(26)18(2)3/h10-11,18,20-21,23H,4-9,12-17H2,1-3H3,(H,24,25)/b11-10-. The van der Waals surface area contributed by atoms with E-state index in [1.165, 1.54) is 25.7 Å². The molecule has 5 nitrogen and oxygen atoms in total. The molecule has 1 aliphatic rings. The van der Waals surface area contributed by atoms with Crippen LogP contribution in [-0.2, 0) is 20.9 Å². The molecule has 2 atom stereocenters. The van der Waals surface area contributed by atoms with Gasteiger partial charge in [0.2, 0.25) is 5.91 Å². The van der Waals surface area contributed by atoms with E-state index in [1.807, 2.05) is 26.0 Å². The Bertz CT molecular complexity index is 476. The van der Waals surface area contributed by atoms with Crippen molar-refractivity contribution in [2.45, 2.75) is 96.0 Å². The number of nitrogens with one attached hydrogen (secondary N) is 2. The van der Waals surface area contributed by atoms with Crippen LogP contribution in [0.4, 0.5) is 0 Å². The van der Waals surface area contributed by atoms with E-state index in [2.05, 4.69) is 23.5 Å². The fourth-order valence-electron chi connectivity index (χ4n) is 3.12. The number of amides is 1. The Balaban J connectivity index is 2.29. The molecule has 1 aliphatic carbocycles. The van der Waals surface area contributed by atoms with E-state index in [4.69, 9.17) is 4.74 Å². The van der Waals surface area contributed by atoms with E-state index < -0.39 is 11.4 Å². The third-order valence-corrected chi connectivity index (χ3v) is 6.30. The van der Waals surface area contributed by atoms with Crippen LogP contribution in [0.25, 0.3) is 0 Å². The predicted octanol–water partition coefficient (Wildman–Crippen LogP) is 4.17. The van der Waals surface area contributed by atoms with Crippen LogP contribution >= 0.6 is 0 Å². The monoisotopic (exact) mass is 412 g/mol. The SMILES string of the molecule is C=C(CC)CC(/C=C\COC1CCCC1)NC(=O)CCCCN[S+]([O-])C(C)C. The van der Waals surface area contributed by atoms with Gasteiger partial charge in [0.05, 0.1) is 18.8 Å². The smallest absolute Gasteiger partial charge is 0.220 e. The molecule has 0 aromatic carbocycles. The number of hydrogen-bond acceptors (Lipinski definition) is 4. The summed E-state index contributed by atoms with van der Waals surface area (Å²) >= 11 is -0.990. The maximum Gasteiger partial charge on any atom is 0.220 e. The van der Waals surface area contributed by atoms with Gasteiger partial charge in [-0.25, -0.2) is 0 Å². The van der Waals surface area contributed by atoms with E-state index >= 15 is 0 Å². The van der Waals surface area contributed by atoms with Crippen molar-refractivity contribution < 1.29 is 14.1 Å². The van der Waals surface area contributed by atoms with Gasteiger partial charge in [-0.05, 0) is 52.4 Å². The fourth-order valence-corrected chi connectivity index (χ4v) is 3.80. The first kappa shape index (κ1) is 25.2. The summed E-state index contributed by atoms with van der Waals surface area (Å²) in [5.74, 6) is 0.0558. The molecule has 0 spiro atoms. The lowest BCUT2D eigenvalue weighted by Gasteiger charge is -2.17. The lowest BCUT2D eigenvalue weighted by molar-refractivity contribution is -0.121. The largest absolute Gasteiger partial charge is 0.598 e. The number of carbonyl (C=O) groups is 1. The highest BCUT2D eigenvalue weighted by atomic mass is 32.2. The van der Waals surface area contributed by atoms with Gasteiger partial charge in [0.25, 0.3) is 0 Å². The molecule has 1 rings (SSSR count). The molecule has 1 saturated carbocycles. The number of unbranched alkanes of at least 4 members (excludes halogenated alkanes) is 1. The second kappa shape index (κ2) is 15.1. The summed E-state index contributed by atoms with van der Waals surface area (Å²) in [4.78, 5) is 12.3. The fraction of sp³-hybridized carbons (Fsp3) is 0.773. The minimum Gasteiger partial charge on any atom is -0.598 e. The van der Waals surface area contributed by atoms with Crippen molar-refractivity contribution in [3.8, 4) is 0 Å². The Morgan fingerprint density at radius 1 is 1.32 bits per heavy atom. The molecule has 162 valence electrons. The molecule has 0 radical (unpaired) electrons. The van der Waals surface area contributed by atoms with Gasteiger partial charge in [0, 0.05) is 24.3 Å². The van der Waals surface area contributed by atoms with Gasteiger partial charge in [-0.3, -0.25) is 4.79 Å². The first-order valence-electron chi connectivity index (χ1n) is 10.8. The van der Waals surface area contributed by atoms with Crippen LogP contribution < -0.4 is 10.0 Å². The minimum atomic E-state index is -0.990. The van der Waals surface area contributed by atoms with Crippen molar-refractivity contribution in [3.05, 3.63) is 24.3 Å². The summed E-state index contributed by atoms with van der Waals surface area (Å²) in [7, 11) is 0. The van der Waals surface area contributed by atoms with Crippen molar-refractivity contribution in [2.24, 2.45) is 0 Å². The van der Waals surface area contributed by atoms with Crippen LogP contribution in [0.1, 0.15) is 78.6 Å². The van der Waals surface area contributed by atoms with Crippen molar-refractivity contribution in [1.82, 2.24) is 10.0 Å². The molecule has 1 amide bonds. The van der Waals surface area contributed by atoms with Crippen LogP contribution in [0.3, 0.4) is 0 Å². The summed E-state index contributed by atoms with van der Waals surface area (Å²) in [6, 6.07) is -0.0290. The molecule has 6 heteroatoms. The highest BCUT2D eigenvalue weighted by Gasteiger charge is 2.15. The molecular formula is C22H40N2O3S. The lowest BCUT2D eigenvalue weighted by Crippen LogP contribution is -2.34. The topological polar surface area (TPSA) is 73.4 Å². The Kier molecular flexibility index (Phi) is 13.6.